The van der Waals surface area contributed by atoms with Gasteiger partial charge in [-0.2, -0.15) is 0 Å². The van der Waals surface area contributed by atoms with E-state index in [9.17, 15) is 82.4 Å². The number of amides is 11. The predicted octanol–water partition coefficient (Wildman–Crippen LogP) is -5.49. The summed E-state index contributed by atoms with van der Waals surface area (Å²) in [6, 6.07) is -15.3. The zero-order valence-electron chi connectivity index (χ0n) is 42.8. The highest BCUT2D eigenvalue weighted by Gasteiger charge is 2.44. The van der Waals surface area contributed by atoms with Gasteiger partial charge in [0.1, 0.15) is 72.3 Å². The van der Waals surface area contributed by atoms with Crippen LogP contribution in [0.3, 0.4) is 0 Å². The molecule has 11 amide bonds. The molecule has 77 heavy (non-hydrogen) atoms. The molecule has 4 fully saturated rings. The predicted molar refractivity (Wildman–Crippen MR) is 259 cm³/mol. The molecular weight excluding hydrogens is 1020 g/mol. The van der Waals surface area contributed by atoms with E-state index in [2.05, 4.69) is 47.2 Å². The molecule has 1 aromatic heterocycles. The van der Waals surface area contributed by atoms with Gasteiger partial charge in [0.2, 0.25) is 71.3 Å². The van der Waals surface area contributed by atoms with Crippen molar-refractivity contribution < 1.29 is 87.4 Å². The number of aliphatic carboxylic acids is 3. The first-order valence-corrected chi connectivity index (χ1v) is 25.4. The number of nitrogens with one attached hydrogen (secondary N) is 9. The number of hydrogen-bond donors (Lipinski definition) is 12. The van der Waals surface area contributed by atoms with E-state index in [1.807, 2.05) is 0 Å². The minimum absolute atomic E-state index is 0.0165. The molecule has 0 unspecified atom stereocenters. The second-order valence-corrected chi connectivity index (χ2v) is 19.8. The van der Waals surface area contributed by atoms with Crippen molar-refractivity contribution >= 4 is 82.9 Å². The van der Waals surface area contributed by atoms with E-state index in [0.717, 1.165) is 14.7 Å². The van der Waals surface area contributed by atoms with Crippen molar-refractivity contribution in [2.75, 3.05) is 19.6 Å². The van der Waals surface area contributed by atoms with Crippen LogP contribution in [-0.4, -0.2) is 198 Å². The molecule has 4 aliphatic rings. The van der Waals surface area contributed by atoms with Crippen LogP contribution in [0.15, 0.2) is 12.5 Å². The van der Waals surface area contributed by atoms with Crippen LogP contribution in [0, 0.1) is 5.92 Å². The van der Waals surface area contributed by atoms with E-state index in [1.165, 1.54) is 33.3 Å². The highest BCUT2D eigenvalue weighted by molar-refractivity contribution is 6.01. The summed E-state index contributed by atoms with van der Waals surface area (Å²) in [5, 5.41) is 46.2. The van der Waals surface area contributed by atoms with Gasteiger partial charge in [-0.25, -0.2) is 4.98 Å². The summed E-state index contributed by atoms with van der Waals surface area (Å²) in [7, 11) is 0. The topological polar surface area (TPSA) is 450 Å². The van der Waals surface area contributed by atoms with Crippen molar-refractivity contribution in [3.63, 3.8) is 0 Å². The summed E-state index contributed by atoms with van der Waals surface area (Å²) in [5.74, 6) is -15.8. The fraction of sp³-hybridized carbons (Fsp3) is 0.638. The van der Waals surface area contributed by atoms with Gasteiger partial charge in [-0.3, -0.25) is 72.1 Å². The molecule has 5 heterocycles. The molecule has 0 saturated carbocycles. The number of nitrogens with two attached hydrogens (primary N) is 1. The molecule has 422 valence electrons. The van der Waals surface area contributed by atoms with Crippen molar-refractivity contribution in [2.24, 2.45) is 11.7 Å². The zero-order valence-corrected chi connectivity index (χ0v) is 42.8. The summed E-state index contributed by atoms with van der Waals surface area (Å²) in [4.78, 5) is 198. The second kappa shape index (κ2) is 27.0. The lowest BCUT2D eigenvalue weighted by molar-refractivity contribution is -0.376. The molecule has 0 aliphatic carbocycles. The van der Waals surface area contributed by atoms with E-state index >= 15 is 0 Å². The minimum atomic E-state index is -1.86. The maximum atomic E-state index is 14.6. The van der Waals surface area contributed by atoms with E-state index in [4.69, 9.17) is 5.73 Å². The molecule has 0 spiro atoms. The van der Waals surface area contributed by atoms with Crippen molar-refractivity contribution in [1.82, 2.24) is 56.9 Å². The Kier molecular flexibility index (Phi) is 20.9. The van der Waals surface area contributed by atoms with Crippen LogP contribution in [0.5, 0.6) is 0 Å². The van der Waals surface area contributed by atoms with E-state index in [-0.39, 0.29) is 64.6 Å². The number of primary amides is 1. The quantitative estimate of drug-likeness (QED) is 0.0877. The van der Waals surface area contributed by atoms with Gasteiger partial charge in [-0.05, 0) is 64.2 Å². The summed E-state index contributed by atoms with van der Waals surface area (Å²) < 4.78 is 0. The number of aromatic amines is 2. The second-order valence-electron chi connectivity index (χ2n) is 19.8. The van der Waals surface area contributed by atoms with E-state index in [1.54, 1.807) is 0 Å². The standard InChI is InChI=1S/C47H67N13O17/c1-22(2)37-44(74)56-29(19-36(66)67)47(77)60-16-5-8-31(60)42(72)52-25(10-12-34(62)63)38(68)55-28(17-24-20-49-21-50-24)46(76)59-15-6-9-32(59)43(73)54-27(18-33(48)61)40(70)51-23(3)45(75)58-14-4-7-30(58)41(71)53-26(39(69)57-37)11-13-35(64)65/h20-23,25-32,37H,4-19H2,1-3H3,(H2,48,61)(H,49,50)(H,51,70)(H,52,72)(H,53,71)(H,54,73)(H,55,68)(H,56,74)(H,57,69)(H,62,63)(H,64,65)(H,66,67)/p+1/t23-,25-,26+,27+,28-,29+,30-,31+,32-,37-/m1/s1. The number of hydrogen-bond acceptors (Lipinski definition) is 14. The fourth-order valence-corrected chi connectivity index (χ4v) is 9.77. The maximum absolute atomic E-state index is 14.6. The third-order valence-corrected chi connectivity index (χ3v) is 13.7. The average molecular weight is 1090 g/mol. The molecule has 0 aromatic carbocycles. The van der Waals surface area contributed by atoms with Gasteiger partial charge in [0.25, 0.3) is 0 Å². The van der Waals surface area contributed by atoms with Crippen LogP contribution < -0.4 is 47.9 Å². The Labute approximate surface area is 440 Å². The van der Waals surface area contributed by atoms with Crippen LogP contribution in [0.1, 0.15) is 104 Å². The number of carboxylic acid groups (broad SMARTS) is 3. The Balaban J connectivity index is 1.54. The molecule has 4 aliphatic heterocycles. The smallest absolute Gasteiger partial charge is 0.305 e. The maximum Gasteiger partial charge on any atom is 0.305 e. The average Bonchev–Trinajstić information content (AvgIpc) is 4.22. The highest BCUT2D eigenvalue weighted by atomic mass is 16.4. The lowest BCUT2D eigenvalue weighted by Crippen LogP contribution is -2.61. The molecule has 4 saturated heterocycles. The van der Waals surface area contributed by atoms with Crippen molar-refractivity contribution in [3.05, 3.63) is 18.2 Å². The number of nitrogens with zero attached hydrogens (tertiary/aromatic N) is 3. The Bertz CT molecular complexity index is 2450. The van der Waals surface area contributed by atoms with E-state index in [0.29, 0.717) is 5.69 Å². The first kappa shape index (κ1) is 59.7. The zero-order chi connectivity index (χ0) is 56.8. The van der Waals surface area contributed by atoms with Crippen molar-refractivity contribution in [2.45, 2.75) is 165 Å². The van der Waals surface area contributed by atoms with Gasteiger partial charge < -0.3 is 73.0 Å². The Morgan fingerprint density at radius 1 is 0.558 bits per heavy atom. The van der Waals surface area contributed by atoms with Crippen LogP contribution in [0.25, 0.3) is 0 Å². The molecule has 10 atom stereocenters. The molecule has 5 rings (SSSR count). The first-order valence-electron chi connectivity index (χ1n) is 25.4. The van der Waals surface area contributed by atoms with Gasteiger partial charge in [0.05, 0.1) is 12.8 Å². The van der Waals surface area contributed by atoms with E-state index < -0.39 is 188 Å². The van der Waals surface area contributed by atoms with Gasteiger partial charge in [-0.1, -0.05) is 13.8 Å². The molecule has 14 N–H and O–H groups in total. The largest absolute Gasteiger partial charge is 0.481 e. The number of carboxylic acids is 3. The number of rotatable bonds is 13. The summed E-state index contributed by atoms with van der Waals surface area (Å²) >= 11 is 0. The lowest BCUT2D eigenvalue weighted by atomic mass is 10.0. The number of carbonyl (C=O) groups is 14. The number of H-pyrrole nitrogens is 2. The Hall–Kier alpha value is -8.21. The summed E-state index contributed by atoms with van der Waals surface area (Å²) in [6.07, 6.45) is -0.799. The number of carbonyl (C=O) groups excluding carboxylic acids is 11. The van der Waals surface area contributed by atoms with Crippen molar-refractivity contribution in [1.29, 1.82) is 0 Å². The van der Waals surface area contributed by atoms with Crippen LogP contribution in [-0.2, 0) is 73.5 Å². The molecule has 0 bridgehead atoms. The highest BCUT2D eigenvalue weighted by Crippen LogP contribution is 2.24. The van der Waals surface area contributed by atoms with Crippen LogP contribution in [0.2, 0.25) is 0 Å². The lowest BCUT2D eigenvalue weighted by Gasteiger charge is -2.32. The van der Waals surface area contributed by atoms with Gasteiger partial charge in [0.15, 0.2) is 0 Å². The molecular formula is C47H68N13O17+. The SMILES string of the molecule is CC(C)[C@H]1NC(=O)[C@H](CCC(=O)O)NC(=O)[C@H]2CCCN2C(=O)[C@@H](C)NC(=O)[C@H](CC(N)=O)NC(=O)[C@H]2CCCN2C(=O)[C@@H](Cc2c[nH+]c[nH]2)NC(=O)[C@@H](CCC(=O)O)NC(=O)[C@@H]2CCCN2C(=O)[C@H](CC(=O)O)NC1=O. The summed E-state index contributed by atoms with van der Waals surface area (Å²) in [5.41, 5.74) is 5.85. The third kappa shape index (κ3) is 16.1. The Morgan fingerprint density at radius 3 is 1.43 bits per heavy atom. The molecule has 0 radical (unpaired) electrons. The molecule has 1 aromatic rings. The minimum Gasteiger partial charge on any atom is -0.481 e. The normalized spacial score (nSPS) is 28.0. The van der Waals surface area contributed by atoms with Gasteiger partial charge >= 0.3 is 17.9 Å². The van der Waals surface area contributed by atoms with Crippen LogP contribution >= 0.6 is 0 Å². The number of aromatic nitrogens is 2. The van der Waals surface area contributed by atoms with Crippen molar-refractivity contribution in [3.8, 4) is 0 Å². The Morgan fingerprint density at radius 2 is 0.987 bits per heavy atom. The number of imidazole rings is 1. The monoisotopic (exact) mass is 1090 g/mol. The third-order valence-electron chi connectivity index (χ3n) is 13.7. The van der Waals surface area contributed by atoms with Crippen LogP contribution in [0.4, 0.5) is 0 Å². The first-order chi connectivity index (χ1) is 36.4. The molecule has 30 nitrogen and oxygen atoms in total. The fourth-order valence-electron chi connectivity index (χ4n) is 9.77. The van der Waals surface area contributed by atoms with Gasteiger partial charge in [-0.15, -0.1) is 0 Å². The summed E-state index contributed by atoms with van der Waals surface area (Å²) in [6.45, 7) is 4.04. The van der Waals surface area contributed by atoms with Gasteiger partial charge in [0, 0.05) is 38.9 Å². The number of fused-ring (bicyclic) bond motifs is 3. The molecule has 30 heteroatoms.